The van der Waals surface area contributed by atoms with Crippen LogP contribution in [0, 0.1) is 0 Å². The van der Waals surface area contributed by atoms with Crippen LogP contribution in [0.5, 0.6) is 0 Å². The largest absolute Gasteiger partial charge is 0.336 e. The van der Waals surface area contributed by atoms with Crippen molar-refractivity contribution in [2.45, 2.75) is 32.2 Å². The van der Waals surface area contributed by atoms with Crippen LogP contribution in [0.15, 0.2) is 36.5 Å². The number of hydrogen-bond donors (Lipinski definition) is 1. The third kappa shape index (κ3) is 5.37. The van der Waals surface area contributed by atoms with Gasteiger partial charge in [-0.25, -0.2) is 4.98 Å². The lowest BCUT2D eigenvalue weighted by atomic mass is 10.0. The van der Waals surface area contributed by atoms with E-state index in [1.54, 1.807) is 6.20 Å². The van der Waals surface area contributed by atoms with Crippen molar-refractivity contribution in [3.05, 3.63) is 47.0 Å². The highest BCUT2D eigenvalue weighted by Gasteiger charge is 2.27. The van der Waals surface area contributed by atoms with Gasteiger partial charge in [-0.1, -0.05) is 41.7 Å². The molecule has 0 saturated carbocycles. The van der Waals surface area contributed by atoms with E-state index < -0.39 is 0 Å². The van der Waals surface area contributed by atoms with Crippen LogP contribution in [-0.4, -0.2) is 59.3 Å². The highest BCUT2D eigenvalue weighted by molar-refractivity contribution is 7.17. The minimum atomic E-state index is -0.179. The first-order valence-electron chi connectivity index (χ1n) is 9.30. The van der Waals surface area contributed by atoms with E-state index in [1.807, 2.05) is 11.0 Å². The van der Waals surface area contributed by atoms with Crippen LogP contribution in [0.1, 0.15) is 35.0 Å². The molecule has 7 heteroatoms. The van der Waals surface area contributed by atoms with Gasteiger partial charge in [-0.2, -0.15) is 0 Å². The minimum Gasteiger partial charge on any atom is -0.336 e. The molecule has 1 aromatic carbocycles. The summed E-state index contributed by atoms with van der Waals surface area (Å²) in [5, 5.41) is 3.10. The van der Waals surface area contributed by atoms with Gasteiger partial charge in [0.1, 0.15) is 4.88 Å². The Morgan fingerprint density at radius 2 is 2.11 bits per heavy atom. The van der Waals surface area contributed by atoms with Gasteiger partial charge in [-0.05, 0) is 31.9 Å². The molecular weight excluding hydrogens is 360 g/mol. The molecule has 27 heavy (non-hydrogen) atoms. The summed E-state index contributed by atoms with van der Waals surface area (Å²) in [5.74, 6) is -0.174. The zero-order chi connectivity index (χ0) is 19.2. The van der Waals surface area contributed by atoms with Gasteiger partial charge in [0.25, 0.3) is 5.91 Å². The van der Waals surface area contributed by atoms with E-state index in [0.29, 0.717) is 16.1 Å². The predicted molar refractivity (Wildman–Crippen MR) is 108 cm³/mol. The average Bonchev–Trinajstić information content (AvgIpc) is 3.14. The van der Waals surface area contributed by atoms with E-state index in [4.69, 9.17) is 0 Å². The van der Waals surface area contributed by atoms with Crippen molar-refractivity contribution < 1.29 is 9.59 Å². The van der Waals surface area contributed by atoms with Gasteiger partial charge in [-0.15, -0.1) is 0 Å². The van der Waals surface area contributed by atoms with Crippen molar-refractivity contribution in [1.82, 2.24) is 14.8 Å². The van der Waals surface area contributed by atoms with E-state index in [0.717, 1.165) is 38.9 Å². The molecule has 1 N–H and O–H groups in total. The summed E-state index contributed by atoms with van der Waals surface area (Å²) in [7, 11) is 2.14. The first kappa shape index (κ1) is 19.5. The number of nitrogens with zero attached hydrogens (tertiary/aromatic N) is 3. The lowest BCUT2D eigenvalue weighted by Crippen LogP contribution is -2.48. The van der Waals surface area contributed by atoms with Crippen molar-refractivity contribution in [3.63, 3.8) is 0 Å². The molecule has 0 radical (unpaired) electrons. The Kier molecular flexibility index (Phi) is 6.58. The first-order valence-corrected chi connectivity index (χ1v) is 10.1. The Bertz CT molecular complexity index is 777. The standard InChI is InChI=1S/C20H26N4O2S/c1-15(25)22-20-21-13-18(27-20)19(26)24-11-6-9-17(14-24)23(2)12-10-16-7-4-3-5-8-16/h3-5,7-8,13,17H,6,9-12,14H2,1-2H3,(H,21,22,25)/t17-/m0/s1. The summed E-state index contributed by atoms with van der Waals surface area (Å²) in [5.41, 5.74) is 1.34. The van der Waals surface area contributed by atoms with Crippen molar-refractivity contribution in [1.29, 1.82) is 0 Å². The lowest BCUT2D eigenvalue weighted by Gasteiger charge is -2.37. The molecule has 1 saturated heterocycles. The summed E-state index contributed by atoms with van der Waals surface area (Å²) in [4.78, 5) is 32.9. The van der Waals surface area contributed by atoms with E-state index in [-0.39, 0.29) is 11.8 Å². The molecule has 0 unspecified atom stereocenters. The molecule has 0 aliphatic carbocycles. The normalized spacial score (nSPS) is 17.1. The molecule has 1 aromatic heterocycles. The second-order valence-electron chi connectivity index (χ2n) is 6.97. The minimum absolute atomic E-state index is 0.00487. The molecule has 2 heterocycles. The number of rotatable bonds is 6. The van der Waals surface area contributed by atoms with E-state index in [1.165, 1.54) is 23.8 Å². The maximum absolute atomic E-state index is 12.8. The number of carbonyl (C=O) groups is 2. The third-order valence-corrected chi connectivity index (χ3v) is 5.80. The molecule has 6 nitrogen and oxygen atoms in total. The summed E-state index contributed by atoms with van der Waals surface area (Å²) >= 11 is 1.23. The molecule has 144 valence electrons. The average molecular weight is 387 g/mol. The molecule has 1 aliphatic rings. The van der Waals surface area contributed by atoms with Crippen molar-refractivity contribution in [2.24, 2.45) is 0 Å². The van der Waals surface area contributed by atoms with Crippen LogP contribution in [0.3, 0.4) is 0 Å². The predicted octanol–water partition coefficient (Wildman–Crippen LogP) is 2.88. The number of benzene rings is 1. The lowest BCUT2D eigenvalue weighted by molar-refractivity contribution is -0.114. The maximum Gasteiger partial charge on any atom is 0.265 e. The number of anilines is 1. The molecule has 1 aliphatic heterocycles. The second kappa shape index (κ2) is 9.10. The Hall–Kier alpha value is -2.25. The molecule has 0 bridgehead atoms. The molecule has 2 aromatic rings. The number of aromatic nitrogens is 1. The molecule has 3 rings (SSSR count). The third-order valence-electron chi connectivity index (χ3n) is 4.90. The van der Waals surface area contributed by atoms with Gasteiger partial charge < -0.3 is 15.1 Å². The van der Waals surface area contributed by atoms with Crippen LogP contribution < -0.4 is 5.32 Å². The smallest absolute Gasteiger partial charge is 0.265 e. The van der Waals surface area contributed by atoms with E-state index in [9.17, 15) is 9.59 Å². The number of thiazole rings is 1. The fourth-order valence-corrected chi connectivity index (χ4v) is 4.20. The SMILES string of the molecule is CC(=O)Nc1ncc(C(=O)N2CCC[C@H](N(C)CCc3ccccc3)C2)s1. The van der Waals surface area contributed by atoms with Gasteiger partial charge in [0.2, 0.25) is 5.91 Å². The fourth-order valence-electron chi connectivity index (χ4n) is 3.37. The zero-order valence-corrected chi connectivity index (χ0v) is 16.7. The van der Waals surface area contributed by atoms with Crippen LogP contribution >= 0.6 is 11.3 Å². The van der Waals surface area contributed by atoms with Gasteiger partial charge in [-0.3, -0.25) is 9.59 Å². The number of piperidine rings is 1. The number of likely N-dealkylation sites (tertiary alicyclic amines) is 1. The second-order valence-corrected chi connectivity index (χ2v) is 8.00. The maximum atomic E-state index is 12.8. The Balaban J connectivity index is 1.55. The first-order chi connectivity index (χ1) is 13.0. The summed E-state index contributed by atoms with van der Waals surface area (Å²) < 4.78 is 0. The summed E-state index contributed by atoms with van der Waals surface area (Å²) in [6.07, 6.45) is 4.68. The van der Waals surface area contributed by atoms with Crippen molar-refractivity contribution in [2.75, 3.05) is 32.0 Å². The van der Waals surface area contributed by atoms with Crippen LogP contribution in [0.4, 0.5) is 5.13 Å². The van der Waals surface area contributed by atoms with Crippen LogP contribution in [0.2, 0.25) is 0 Å². The van der Waals surface area contributed by atoms with Gasteiger partial charge in [0, 0.05) is 32.6 Å². The summed E-state index contributed by atoms with van der Waals surface area (Å²) in [6, 6.07) is 10.9. The molecule has 1 fully saturated rings. The Morgan fingerprint density at radius 1 is 1.33 bits per heavy atom. The Morgan fingerprint density at radius 3 is 2.85 bits per heavy atom. The highest BCUT2D eigenvalue weighted by Crippen LogP contribution is 2.23. The molecule has 2 amide bonds. The Labute approximate surface area is 164 Å². The fraction of sp³-hybridized carbons (Fsp3) is 0.450. The number of amides is 2. The number of hydrogen-bond acceptors (Lipinski definition) is 5. The number of likely N-dealkylation sites (N-methyl/N-ethyl adjacent to an activating group) is 1. The summed E-state index contributed by atoms with van der Waals surface area (Å²) in [6.45, 7) is 3.92. The zero-order valence-electron chi connectivity index (χ0n) is 15.9. The van der Waals surface area contributed by atoms with Crippen molar-refractivity contribution in [3.8, 4) is 0 Å². The topological polar surface area (TPSA) is 65.5 Å². The van der Waals surface area contributed by atoms with Gasteiger partial charge in [0.05, 0.1) is 6.20 Å². The van der Waals surface area contributed by atoms with Gasteiger partial charge in [0.15, 0.2) is 5.13 Å². The van der Waals surface area contributed by atoms with Crippen molar-refractivity contribution >= 4 is 28.3 Å². The number of carbonyl (C=O) groups excluding carboxylic acids is 2. The quantitative estimate of drug-likeness (QED) is 0.829. The van der Waals surface area contributed by atoms with Crippen LogP contribution in [-0.2, 0) is 11.2 Å². The van der Waals surface area contributed by atoms with Gasteiger partial charge >= 0.3 is 0 Å². The number of nitrogens with one attached hydrogen (secondary N) is 1. The van der Waals surface area contributed by atoms with E-state index in [2.05, 4.69) is 46.5 Å². The monoisotopic (exact) mass is 386 g/mol. The van der Waals surface area contributed by atoms with Crippen LogP contribution in [0.25, 0.3) is 0 Å². The van der Waals surface area contributed by atoms with E-state index >= 15 is 0 Å². The molecule has 0 spiro atoms. The molecule has 1 atom stereocenters. The highest BCUT2D eigenvalue weighted by atomic mass is 32.1. The molecular formula is C20H26N4O2S.